The van der Waals surface area contributed by atoms with E-state index in [0.29, 0.717) is 12.8 Å². The zero-order valence-electron chi connectivity index (χ0n) is 36.6. The smallest absolute Gasteiger partial charge is 0.462 e. The van der Waals surface area contributed by atoms with Gasteiger partial charge in [0.15, 0.2) is 6.10 Å². The fourth-order valence-electron chi connectivity index (χ4n) is 6.45. The second-order valence-corrected chi connectivity index (χ2v) is 17.2. The number of aliphatic hydroxyl groups excluding tert-OH is 2. The molecule has 336 valence electrons. The van der Waals surface area contributed by atoms with Gasteiger partial charge >= 0.3 is 19.8 Å². The van der Waals surface area contributed by atoms with Gasteiger partial charge in [-0.15, -0.1) is 0 Å². The van der Waals surface area contributed by atoms with Gasteiger partial charge in [0, 0.05) is 12.8 Å². The fraction of sp³-hybridized carbons (Fsp3) is 0.870. The molecule has 0 bridgehead atoms. The molecule has 3 N–H and O–H groups in total. The van der Waals surface area contributed by atoms with Crippen molar-refractivity contribution in [2.45, 2.75) is 232 Å². The number of allylic oxidation sites excluding steroid dienone is 4. The maximum atomic E-state index is 12.6. The molecule has 0 rings (SSSR count). The highest BCUT2D eigenvalue weighted by Gasteiger charge is 2.27. The number of rotatable bonds is 44. The van der Waals surface area contributed by atoms with Gasteiger partial charge in [-0.05, 0) is 64.2 Å². The summed E-state index contributed by atoms with van der Waals surface area (Å²) in [5.41, 5.74) is 0. The van der Waals surface area contributed by atoms with Gasteiger partial charge in [0.1, 0.15) is 12.7 Å². The number of aliphatic hydroxyl groups is 2. The first kappa shape index (κ1) is 55.5. The molecule has 0 aromatic carbocycles. The molecule has 0 aromatic heterocycles. The van der Waals surface area contributed by atoms with Crippen molar-refractivity contribution in [3.05, 3.63) is 24.3 Å². The van der Waals surface area contributed by atoms with Crippen LogP contribution in [0.1, 0.15) is 219 Å². The first-order valence-corrected chi connectivity index (χ1v) is 24.8. The van der Waals surface area contributed by atoms with Crippen LogP contribution in [0.5, 0.6) is 0 Å². The van der Waals surface area contributed by atoms with Crippen LogP contribution in [-0.2, 0) is 32.7 Å². The highest BCUT2D eigenvalue weighted by atomic mass is 31.2. The minimum Gasteiger partial charge on any atom is -0.462 e. The molecule has 57 heavy (non-hydrogen) atoms. The van der Waals surface area contributed by atoms with Crippen LogP contribution in [0.4, 0.5) is 0 Å². The lowest BCUT2D eigenvalue weighted by Crippen LogP contribution is -2.29. The van der Waals surface area contributed by atoms with Crippen molar-refractivity contribution < 1.29 is 47.8 Å². The molecular weight excluding hydrogens is 743 g/mol. The lowest BCUT2D eigenvalue weighted by molar-refractivity contribution is -0.161. The van der Waals surface area contributed by atoms with Crippen LogP contribution in [0.25, 0.3) is 0 Å². The number of phosphoric acid groups is 1. The van der Waals surface area contributed by atoms with Crippen LogP contribution in [0.15, 0.2) is 24.3 Å². The molecule has 0 aliphatic carbocycles. The number of ether oxygens (including phenoxy) is 2. The summed E-state index contributed by atoms with van der Waals surface area (Å²) in [6, 6.07) is 0. The van der Waals surface area contributed by atoms with Gasteiger partial charge in [-0.2, -0.15) is 0 Å². The zero-order chi connectivity index (χ0) is 41.9. The van der Waals surface area contributed by atoms with E-state index in [-0.39, 0.29) is 19.4 Å². The number of carbonyl (C=O) groups excluding carboxylic acids is 2. The summed E-state index contributed by atoms with van der Waals surface area (Å²) >= 11 is 0. The topological polar surface area (TPSA) is 149 Å². The molecule has 0 saturated heterocycles. The second-order valence-electron chi connectivity index (χ2n) is 15.8. The van der Waals surface area contributed by atoms with E-state index in [9.17, 15) is 24.2 Å². The van der Waals surface area contributed by atoms with Crippen LogP contribution in [0.2, 0.25) is 0 Å². The zero-order valence-corrected chi connectivity index (χ0v) is 37.5. The van der Waals surface area contributed by atoms with E-state index in [4.69, 9.17) is 23.6 Å². The minimum absolute atomic E-state index is 0.181. The van der Waals surface area contributed by atoms with E-state index in [0.717, 1.165) is 44.9 Å². The van der Waals surface area contributed by atoms with E-state index < -0.39 is 51.8 Å². The van der Waals surface area contributed by atoms with E-state index in [1.165, 1.54) is 135 Å². The third-order valence-corrected chi connectivity index (χ3v) is 11.0. The Morgan fingerprint density at radius 2 is 0.860 bits per heavy atom. The lowest BCUT2D eigenvalue weighted by atomic mass is 10.1. The SMILES string of the molecule is CCCCCC/C=C/CCCCCCCCCCCC(=O)OC[C@H](COP(=O)(O)OC[C@@H](O)CO)OC(=O)CCCCCCCCC/C=C/CCCCCCCC. The molecule has 0 aliphatic rings. The van der Waals surface area contributed by atoms with Crippen LogP contribution in [0.3, 0.4) is 0 Å². The van der Waals surface area contributed by atoms with E-state index in [1.54, 1.807) is 0 Å². The van der Waals surface area contributed by atoms with Gasteiger partial charge in [0.05, 0.1) is 19.8 Å². The van der Waals surface area contributed by atoms with Crippen molar-refractivity contribution in [2.24, 2.45) is 0 Å². The highest BCUT2D eigenvalue weighted by Crippen LogP contribution is 2.43. The van der Waals surface area contributed by atoms with E-state index in [1.807, 2.05) is 0 Å². The molecule has 0 fully saturated rings. The molecule has 0 aliphatic heterocycles. The molecule has 0 amide bonds. The first-order chi connectivity index (χ1) is 27.7. The Balaban J connectivity index is 4.24. The average Bonchev–Trinajstić information content (AvgIpc) is 3.20. The van der Waals surface area contributed by atoms with E-state index in [2.05, 4.69) is 38.2 Å². The van der Waals surface area contributed by atoms with Gasteiger partial charge in [-0.1, -0.05) is 167 Å². The molecular formula is C46H87O10P. The van der Waals surface area contributed by atoms with Crippen molar-refractivity contribution in [1.29, 1.82) is 0 Å². The van der Waals surface area contributed by atoms with Crippen LogP contribution in [0, 0.1) is 0 Å². The van der Waals surface area contributed by atoms with Gasteiger partial charge in [0.25, 0.3) is 0 Å². The Kier molecular flexibility index (Phi) is 41.4. The quantitative estimate of drug-likeness (QED) is 0.0234. The normalized spacial score (nSPS) is 14.0. The van der Waals surface area contributed by atoms with Crippen molar-refractivity contribution in [3.8, 4) is 0 Å². The summed E-state index contributed by atoms with van der Waals surface area (Å²) in [6.07, 6.45) is 42.8. The predicted octanol–water partition coefficient (Wildman–Crippen LogP) is 12.6. The molecule has 11 heteroatoms. The van der Waals surface area contributed by atoms with Crippen LogP contribution >= 0.6 is 7.82 Å². The van der Waals surface area contributed by atoms with Crippen LogP contribution in [-0.4, -0.2) is 65.7 Å². The summed E-state index contributed by atoms with van der Waals surface area (Å²) in [5, 5.41) is 18.4. The predicted molar refractivity (Wildman–Crippen MR) is 233 cm³/mol. The van der Waals surface area contributed by atoms with Crippen molar-refractivity contribution in [1.82, 2.24) is 0 Å². The molecule has 1 unspecified atom stereocenters. The Hall–Kier alpha value is -1.55. The van der Waals surface area contributed by atoms with Gasteiger partial charge in [0.2, 0.25) is 0 Å². The molecule has 10 nitrogen and oxygen atoms in total. The van der Waals surface area contributed by atoms with Gasteiger partial charge in [-0.3, -0.25) is 18.6 Å². The second kappa shape index (κ2) is 42.6. The van der Waals surface area contributed by atoms with E-state index >= 15 is 0 Å². The molecule has 3 atom stereocenters. The molecule has 0 spiro atoms. The maximum Gasteiger partial charge on any atom is 0.472 e. The number of hydrogen-bond acceptors (Lipinski definition) is 9. The number of carbonyl (C=O) groups is 2. The summed E-state index contributed by atoms with van der Waals surface area (Å²) in [5.74, 6) is -0.925. The molecule has 0 saturated carbocycles. The Labute approximate surface area is 348 Å². The Morgan fingerprint density at radius 3 is 1.28 bits per heavy atom. The molecule has 0 heterocycles. The summed E-state index contributed by atoms with van der Waals surface area (Å²) in [7, 11) is -4.62. The number of unbranched alkanes of at least 4 members (excludes halogenated alkanes) is 26. The van der Waals surface area contributed by atoms with Crippen molar-refractivity contribution in [3.63, 3.8) is 0 Å². The lowest BCUT2D eigenvalue weighted by Gasteiger charge is -2.20. The number of phosphoric ester groups is 1. The average molecular weight is 831 g/mol. The fourth-order valence-corrected chi connectivity index (χ4v) is 7.24. The Morgan fingerprint density at radius 1 is 0.509 bits per heavy atom. The first-order valence-electron chi connectivity index (χ1n) is 23.3. The Bertz CT molecular complexity index is 1000. The monoisotopic (exact) mass is 831 g/mol. The highest BCUT2D eigenvalue weighted by molar-refractivity contribution is 7.47. The minimum atomic E-state index is -4.62. The number of hydrogen-bond donors (Lipinski definition) is 3. The summed E-state index contributed by atoms with van der Waals surface area (Å²) in [6.45, 7) is 2.38. The standard InChI is InChI=1S/C46H87O10P/c1-3-5-7-9-11-13-15-17-19-21-23-25-27-29-31-33-35-37-45(49)53-41-44(42-55-57(51,52)54-40-43(48)39-47)56-46(50)38-36-34-32-30-28-26-24-22-20-18-16-14-12-10-8-6-4-2/h13,15,18,20,43-44,47-48H,3-12,14,16-17,19,21-42H2,1-2H3,(H,51,52)/b15-13+,20-18+/t43-,44+/m0/s1. The van der Waals surface area contributed by atoms with Crippen molar-refractivity contribution >= 4 is 19.8 Å². The van der Waals surface area contributed by atoms with Crippen molar-refractivity contribution in [2.75, 3.05) is 26.4 Å². The third-order valence-electron chi connectivity index (χ3n) is 10.1. The summed E-state index contributed by atoms with van der Waals surface area (Å²) in [4.78, 5) is 35.1. The third kappa shape index (κ3) is 42.4. The maximum absolute atomic E-state index is 12.6. The summed E-state index contributed by atoms with van der Waals surface area (Å²) < 4.78 is 32.8. The largest absolute Gasteiger partial charge is 0.472 e. The molecule has 0 aromatic rings. The molecule has 0 radical (unpaired) electrons. The van der Waals surface area contributed by atoms with Crippen LogP contribution < -0.4 is 0 Å². The number of esters is 2. The van der Waals surface area contributed by atoms with Gasteiger partial charge < -0.3 is 24.6 Å². The van der Waals surface area contributed by atoms with Gasteiger partial charge in [-0.25, -0.2) is 4.57 Å².